The van der Waals surface area contributed by atoms with Crippen molar-refractivity contribution in [2.45, 2.75) is 56.3 Å². The van der Waals surface area contributed by atoms with E-state index in [2.05, 4.69) is 19.7 Å². The molecule has 0 spiro atoms. The normalized spacial score (nSPS) is 23.2. The van der Waals surface area contributed by atoms with E-state index in [1.807, 2.05) is 7.05 Å². The first-order valence-electron chi connectivity index (χ1n) is 8.85. The van der Waals surface area contributed by atoms with Crippen LogP contribution < -0.4 is 0 Å². The molecule has 10 heteroatoms. The van der Waals surface area contributed by atoms with Crippen LogP contribution in [0.25, 0.3) is 0 Å². The number of sulfonamides is 1. The molecule has 9 nitrogen and oxygen atoms in total. The van der Waals surface area contributed by atoms with Gasteiger partial charge in [0.1, 0.15) is 17.5 Å². The van der Waals surface area contributed by atoms with Gasteiger partial charge in [-0.25, -0.2) is 13.4 Å². The van der Waals surface area contributed by atoms with Crippen LogP contribution in [0.15, 0.2) is 11.2 Å². The van der Waals surface area contributed by atoms with Crippen molar-refractivity contribution >= 4 is 10.0 Å². The first kappa shape index (κ1) is 17.6. The second-order valence-corrected chi connectivity index (χ2v) is 8.84. The molecular formula is C16H24N6O3S. The Balaban J connectivity index is 1.67. The van der Waals surface area contributed by atoms with Gasteiger partial charge in [0.15, 0.2) is 5.03 Å². The van der Waals surface area contributed by atoms with Crippen LogP contribution in [0.5, 0.6) is 0 Å². The van der Waals surface area contributed by atoms with Crippen LogP contribution >= 0.6 is 0 Å². The van der Waals surface area contributed by atoms with E-state index in [0.29, 0.717) is 31.8 Å². The Labute approximate surface area is 153 Å². The molecule has 2 aliphatic rings. The smallest absolute Gasteiger partial charge is 0.262 e. The van der Waals surface area contributed by atoms with Crippen molar-refractivity contribution < 1.29 is 13.2 Å². The lowest BCUT2D eigenvalue weighted by atomic mass is 10.1. The number of hydrogen-bond donors (Lipinski definition) is 0. The molecule has 2 aliphatic heterocycles. The number of aromatic nitrogens is 5. The quantitative estimate of drug-likeness (QED) is 0.740. The van der Waals surface area contributed by atoms with Gasteiger partial charge in [0, 0.05) is 51.8 Å². The summed E-state index contributed by atoms with van der Waals surface area (Å²) in [5, 5.41) is 8.73. The molecule has 2 atom stereocenters. The Kier molecular flexibility index (Phi) is 4.36. The monoisotopic (exact) mass is 380 g/mol. The maximum atomic E-state index is 13.3. The molecule has 26 heavy (non-hydrogen) atoms. The second kappa shape index (κ2) is 6.43. The first-order valence-corrected chi connectivity index (χ1v) is 10.3. The van der Waals surface area contributed by atoms with Crippen LogP contribution in [0.2, 0.25) is 0 Å². The number of methoxy groups -OCH3 is 1. The molecule has 0 aliphatic carbocycles. The van der Waals surface area contributed by atoms with Crippen LogP contribution in [0.4, 0.5) is 0 Å². The van der Waals surface area contributed by atoms with E-state index < -0.39 is 10.0 Å². The molecule has 0 aromatic carbocycles. The Morgan fingerprint density at radius 1 is 1.27 bits per heavy atom. The van der Waals surface area contributed by atoms with Gasteiger partial charge in [0.2, 0.25) is 0 Å². The Morgan fingerprint density at radius 3 is 2.73 bits per heavy atom. The largest absolute Gasteiger partial charge is 0.384 e. The summed E-state index contributed by atoms with van der Waals surface area (Å²) < 4.78 is 37.2. The second-order valence-electron chi connectivity index (χ2n) is 7.05. The summed E-state index contributed by atoms with van der Waals surface area (Å²) in [6, 6.07) is -0.182. The van der Waals surface area contributed by atoms with E-state index >= 15 is 0 Å². The maximum Gasteiger partial charge on any atom is 0.262 e. The van der Waals surface area contributed by atoms with Crippen molar-refractivity contribution in [3.8, 4) is 0 Å². The van der Waals surface area contributed by atoms with E-state index in [0.717, 1.165) is 24.5 Å². The number of ether oxygens (including phenoxy) is 1. The van der Waals surface area contributed by atoms with Crippen molar-refractivity contribution in [3.63, 3.8) is 0 Å². The Bertz CT molecular complexity index is 899. The summed E-state index contributed by atoms with van der Waals surface area (Å²) in [4.78, 5) is 4.26. The third kappa shape index (κ3) is 2.76. The third-order valence-electron chi connectivity index (χ3n) is 5.43. The summed E-state index contributed by atoms with van der Waals surface area (Å²) in [5.41, 5.74) is 0. The lowest BCUT2D eigenvalue weighted by molar-refractivity contribution is 0.199. The minimum absolute atomic E-state index is 0.0898. The van der Waals surface area contributed by atoms with E-state index in [1.165, 1.54) is 0 Å². The molecule has 1 saturated heterocycles. The molecule has 142 valence electrons. The van der Waals surface area contributed by atoms with E-state index in [1.54, 1.807) is 29.1 Å². The van der Waals surface area contributed by atoms with Gasteiger partial charge in [-0.2, -0.15) is 4.31 Å². The van der Waals surface area contributed by atoms with E-state index in [-0.39, 0.29) is 17.1 Å². The van der Waals surface area contributed by atoms with Gasteiger partial charge in [0.05, 0.1) is 6.61 Å². The van der Waals surface area contributed by atoms with Gasteiger partial charge in [-0.05, 0) is 19.8 Å². The molecule has 2 aromatic heterocycles. The minimum atomic E-state index is -3.63. The molecule has 2 aromatic rings. The molecule has 0 amide bonds. The van der Waals surface area contributed by atoms with Crippen molar-refractivity contribution in [2.75, 3.05) is 13.7 Å². The van der Waals surface area contributed by atoms with Gasteiger partial charge in [-0.1, -0.05) is 0 Å². The van der Waals surface area contributed by atoms with Crippen LogP contribution in [-0.2, 0) is 41.2 Å². The average Bonchev–Trinajstić information content (AvgIpc) is 3.22. The van der Waals surface area contributed by atoms with Crippen molar-refractivity contribution in [1.82, 2.24) is 28.6 Å². The summed E-state index contributed by atoms with van der Waals surface area (Å²) >= 11 is 0. The van der Waals surface area contributed by atoms with Gasteiger partial charge in [-0.3, -0.25) is 0 Å². The highest BCUT2D eigenvalue weighted by molar-refractivity contribution is 7.89. The zero-order chi connectivity index (χ0) is 18.5. The zero-order valence-electron chi connectivity index (χ0n) is 15.3. The fourth-order valence-corrected chi connectivity index (χ4v) is 5.88. The van der Waals surface area contributed by atoms with Gasteiger partial charge >= 0.3 is 0 Å². The third-order valence-corrected chi connectivity index (χ3v) is 7.30. The predicted molar refractivity (Wildman–Crippen MR) is 93.1 cm³/mol. The zero-order valence-corrected chi connectivity index (χ0v) is 16.1. The predicted octanol–water partition coefficient (Wildman–Crippen LogP) is 0.287. The number of hydrogen-bond acceptors (Lipinski definition) is 6. The lowest BCUT2D eigenvalue weighted by Crippen LogP contribution is -2.42. The van der Waals surface area contributed by atoms with Crippen LogP contribution in [-0.4, -0.2) is 62.8 Å². The molecule has 0 N–H and O–H groups in total. The molecule has 4 heterocycles. The van der Waals surface area contributed by atoms with Crippen molar-refractivity contribution in [3.05, 3.63) is 23.7 Å². The van der Waals surface area contributed by atoms with Crippen LogP contribution in [0.3, 0.4) is 0 Å². The number of aryl methyl sites for hydroxylation is 2. The summed E-state index contributed by atoms with van der Waals surface area (Å²) in [6.45, 7) is 2.96. The van der Waals surface area contributed by atoms with Crippen LogP contribution in [0, 0.1) is 6.92 Å². The number of imidazole rings is 1. The fourth-order valence-electron chi connectivity index (χ4n) is 3.99. The summed E-state index contributed by atoms with van der Waals surface area (Å²) in [7, 11) is -0.168. The Morgan fingerprint density at radius 2 is 2.04 bits per heavy atom. The average molecular weight is 380 g/mol. The van der Waals surface area contributed by atoms with Crippen molar-refractivity contribution in [1.29, 1.82) is 0 Å². The minimum Gasteiger partial charge on any atom is -0.384 e. The topological polar surface area (TPSA) is 95.1 Å². The standard InChI is InChI=1S/C16H24N6O3S/c1-11-17-16(10-20(11)2)26(23,24)22-12-4-5-13(22)9-21-14(6-7-25-3)18-19-15(21)8-12/h10,12-13H,4-9H2,1-3H3. The summed E-state index contributed by atoms with van der Waals surface area (Å²) in [5.74, 6) is 2.41. The van der Waals surface area contributed by atoms with Gasteiger partial charge < -0.3 is 13.9 Å². The maximum absolute atomic E-state index is 13.3. The highest BCUT2D eigenvalue weighted by atomic mass is 32.2. The highest BCUT2D eigenvalue weighted by Crippen LogP contribution is 2.36. The van der Waals surface area contributed by atoms with E-state index in [9.17, 15) is 8.42 Å². The van der Waals surface area contributed by atoms with Gasteiger partial charge in [-0.15, -0.1) is 10.2 Å². The molecule has 2 unspecified atom stereocenters. The number of fused-ring (bicyclic) bond motifs is 3. The molecule has 0 radical (unpaired) electrons. The number of rotatable bonds is 5. The van der Waals surface area contributed by atoms with E-state index in [4.69, 9.17) is 4.74 Å². The molecule has 2 bridgehead atoms. The highest BCUT2D eigenvalue weighted by Gasteiger charge is 2.46. The number of nitrogens with zero attached hydrogens (tertiary/aromatic N) is 6. The fraction of sp³-hybridized carbons (Fsp3) is 0.688. The van der Waals surface area contributed by atoms with Crippen molar-refractivity contribution in [2.24, 2.45) is 7.05 Å². The summed E-state index contributed by atoms with van der Waals surface area (Å²) in [6.07, 6.45) is 4.54. The Hall–Kier alpha value is -1.78. The lowest BCUT2D eigenvalue weighted by Gasteiger charge is -2.26. The SMILES string of the molecule is COCCc1nnc2n1CC1CCC(C2)N1S(=O)(=O)c1cn(C)c(C)n1. The molecule has 1 fully saturated rings. The first-order chi connectivity index (χ1) is 12.4. The van der Waals surface area contributed by atoms with Gasteiger partial charge in [0.25, 0.3) is 10.0 Å². The van der Waals surface area contributed by atoms with Crippen LogP contribution in [0.1, 0.15) is 30.3 Å². The molecular weight excluding hydrogens is 356 g/mol. The molecule has 0 saturated carbocycles. The molecule has 4 rings (SSSR count).